The molecule has 0 aromatic rings. The molecule has 1 aliphatic rings. The Morgan fingerprint density at radius 1 is 1.50 bits per heavy atom. The molecule has 2 unspecified atom stereocenters. The van der Waals surface area contributed by atoms with Crippen molar-refractivity contribution >= 4 is 22.8 Å². The van der Waals surface area contributed by atoms with Crippen LogP contribution in [0.15, 0.2) is 0 Å². The molecule has 2 N–H and O–H groups in total. The largest absolute Gasteiger partial charge is 0.481 e. The predicted molar refractivity (Wildman–Crippen MR) is 68.9 cm³/mol. The lowest BCUT2D eigenvalue weighted by Crippen LogP contribution is -2.40. The van der Waals surface area contributed by atoms with E-state index in [1.165, 1.54) is 0 Å². The monoisotopic (exact) mass is 276 g/mol. The Bertz CT molecular complexity index is 335. The number of hydrogen-bond acceptors (Lipinski definition) is 3. The number of carboxylic acids is 1. The lowest BCUT2D eigenvalue weighted by molar-refractivity contribution is -0.137. The number of carbonyl (C=O) groups excluding carboxylic acids is 1. The van der Waals surface area contributed by atoms with E-state index < -0.39 is 16.8 Å². The van der Waals surface area contributed by atoms with Crippen molar-refractivity contribution in [3.8, 4) is 0 Å². The Kier molecular flexibility index (Phi) is 6.11. The summed E-state index contributed by atoms with van der Waals surface area (Å²) in [7, 11) is -0.897. The van der Waals surface area contributed by atoms with Gasteiger partial charge in [0.05, 0.1) is 0 Å². The van der Waals surface area contributed by atoms with Gasteiger partial charge in [0.1, 0.15) is 0 Å². The van der Waals surface area contributed by atoms with Crippen molar-refractivity contribution in [1.29, 1.82) is 0 Å². The number of likely N-dealkylation sites (tertiary alicyclic amines) is 1. The van der Waals surface area contributed by atoms with Crippen molar-refractivity contribution in [3.05, 3.63) is 0 Å². The van der Waals surface area contributed by atoms with Crippen LogP contribution in [0.25, 0.3) is 0 Å². The standard InChI is InChI=1S/C11H20N2O4S/c1-18(17)7-5-12-11(16)13-6-4-9(8-13)2-3-10(14)15/h9H,2-8H2,1H3,(H,12,16)(H,14,15). The number of carbonyl (C=O) groups is 2. The average molecular weight is 276 g/mol. The molecule has 6 nitrogen and oxygen atoms in total. The Morgan fingerprint density at radius 3 is 2.83 bits per heavy atom. The maximum atomic E-state index is 11.7. The number of aliphatic carboxylic acids is 1. The van der Waals surface area contributed by atoms with Gasteiger partial charge in [0, 0.05) is 48.9 Å². The summed E-state index contributed by atoms with van der Waals surface area (Å²) in [6, 6.07) is -0.140. The molecule has 0 saturated carbocycles. The van der Waals surface area contributed by atoms with Gasteiger partial charge in [0.15, 0.2) is 0 Å². The summed E-state index contributed by atoms with van der Waals surface area (Å²) >= 11 is 0. The fraction of sp³-hybridized carbons (Fsp3) is 0.818. The van der Waals surface area contributed by atoms with Crippen molar-refractivity contribution in [2.45, 2.75) is 19.3 Å². The van der Waals surface area contributed by atoms with E-state index in [9.17, 15) is 13.8 Å². The minimum absolute atomic E-state index is 0.140. The molecule has 0 aromatic heterocycles. The summed E-state index contributed by atoms with van der Waals surface area (Å²) in [5.74, 6) is -0.0438. The molecule has 104 valence electrons. The molecule has 1 rings (SSSR count). The number of nitrogens with one attached hydrogen (secondary N) is 1. The molecule has 0 aliphatic carbocycles. The molecular formula is C11H20N2O4S. The average Bonchev–Trinajstić information content (AvgIpc) is 2.74. The maximum Gasteiger partial charge on any atom is 0.317 e. The van der Waals surface area contributed by atoms with E-state index in [0.717, 1.165) is 6.42 Å². The van der Waals surface area contributed by atoms with Crippen molar-refractivity contribution < 1.29 is 18.9 Å². The van der Waals surface area contributed by atoms with Crippen LogP contribution in [0.1, 0.15) is 19.3 Å². The van der Waals surface area contributed by atoms with E-state index in [-0.39, 0.29) is 18.4 Å². The van der Waals surface area contributed by atoms with Crippen LogP contribution >= 0.6 is 0 Å². The fourth-order valence-corrected chi connectivity index (χ4v) is 2.38. The van der Waals surface area contributed by atoms with Crippen LogP contribution in [0, 0.1) is 5.92 Å². The fourth-order valence-electron chi connectivity index (χ4n) is 1.99. The van der Waals surface area contributed by atoms with E-state index in [2.05, 4.69) is 5.32 Å². The van der Waals surface area contributed by atoms with Crippen LogP contribution in [0.5, 0.6) is 0 Å². The van der Waals surface area contributed by atoms with Crippen LogP contribution in [-0.4, -0.2) is 57.9 Å². The Morgan fingerprint density at radius 2 is 2.22 bits per heavy atom. The highest BCUT2D eigenvalue weighted by Gasteiger charge is 2.26. The number of carboxylic acid groups (broad SMARTS) is 1. The van der Waals surface area contributed by atoms with Crippen LogP contribution in [0.2, 0.25) is 0 Å². The van der Waals surface area contributed by atoms with Gasteiger partial charge in [-0.2, -0.15) is 0 Å². The highest BCUT2D eigenvalue weighted by Crippen LogP contribution is 2.20. The first-order valence-corrected chi connectivity index (χ1v) is 7.76. The van der Waals surface area contributed by atoms with E-state index in [1.807, 2.05) is 0 Å². The topological polar surface area (TPSA) is 86.7 Å². The smallest absolute Gasteiger partial charge is 0.317 e. The van der Waals surface area contributed by atoms with Crippen molar-refractivity contribution in [3.63, 3.8) is 0 Å². The molecular weight excluding hydrogens is 256 g/mol. The van der Waals surface area contributed by atoms with Crippen LogP contribution < -0.4 is 5.32 Å². The summed E-state index contributed by atoms with van der Waals surface area (Å²) in [6.07, 6.45) is 3.25. The van der Waals surface area contributed by atoms with E-state index >= 15 is 0 Å². The van der Waals surface area contributed by atoms with Gasteiger partial charge in [-0.05, 0) is 18.8 Å². The summed E-state index contributed by atoms with van der Waals surface area (Å²) in [5, 5.41) is 11.3. The van der Waals surface area contributed by atoms with Crippen molar-refractivity contribution in [2.24, 2.45) is 5.92 Å². The van der Waals surface area contributed by atoms with Crippen LogP contribution in [0.3, 0.4) is 0 Å². The van der Waals surface area contributed by atoms with Gasteiger partial charge < -0.3 is 15.3 Å². The highest BCUT2D eigenvalue weighted by molar-refractivity contribution is 7.84. The lowest BCUT2D eigenvalue weighted by Gasteiger charge is -2.17. The third-order valence-electron chi connectivity index (χ3n) is 3.01. The second-order valence-electron chi connectivity index (χ2n) is 4.54. The molecule has 18 heavy (non-hydrogen) atoms. The zero-order chi connectivity index (χ0) is 13.5. The second kappa shape index (κ2) is 7.35. The molecule has 2 atom stereocenters. The van der Waals surface area contributed by atoms with Gasteiger partial charge in [0.25, 0.3) is 0 Å². The zero-order valence-electron chi connectivity index (χ0n) is 10.6. The summed E-state index contributed by atoms with van der Waals surface area (Å²) in [5.41, 5.74) is 0. The SMILES string of the molecule is CS(=O)CCNC(=O)N1CCC(CCC(=O)O)C1. The first-order chi connectivity index (χ1) is 8.49. The molecule has 0 spiro atoms. The maximum absolute atomic E-state index is 11.7. The Balaban J connectivity index is 2.21. The van der Waals surface area contributed by atoms with Gasteiger partial charge >= 0.3 is 12.0 Å². The van der Waals surface area contributed by atoms with Crippen molar-refractivity contribution in [1.82, 2.24) is 10.2 Å². The molecule has 1 aliphatic heterocycles. The minimum atomic E-state index is -0.897. The van der Waals surface area contributed by atoms with Crippen LogP contribution in [-0.2, 0) is 15.6 Å². The normalized spacial score (nSPS) is 20.7. The summed E-state index contributed by atoms with van der Waals surface area (Å²) < 4.78 is 10.8. The Hall–Kier alpha value is -1.11. The van der Waals surface area contributed by atoms with Gasteiger partial charge in [-0.3, -0.25) is 9.00 Å². The first kappa shape index (κ1) is 14.9. The number of nitrogens with zero attached hydrogens (tertiary/aromatic N) is 1. The quantitative estimate of drug-likeness (QED) is 0.728. The molecule has 0 radical (unpaired) electrons. The predicted octanol–water partition coefficient (Wildman–Crippen LogP) is 0.261. The van der Waals surface area contributed by atoms with E-state index in [0.29, 0.717) is 31.8 Å². The van der Waals surface area contributed by atoms with E-state index in [1.54, 1.807) is 11.2 Å². The zero-order valence-corrected chi connectivity index (χ0v) is 11.4. The molecule has 1 heterocycles. The minimum Gasteiger partial charge on any atom is -0.481 e. The van der Waals surface area contributed by atoms with E-state index in [4.69, 9.17) is 5.11 Å². The van der Waals surface area contributed by atoms with Crippen LogP contribution in [0.4, 0.5) is 4.79 Å². The number of urea groups is 1. The molecule has 2 amide bonds. The van der Waals surface area contributed by atoms with Gasteiger partial charge in [0.2, 0.25) is 0 Å². The second-order valence-corrected chi connectivity index (χ2v) is 6.10. The van der Waals surface area contributed by atoms with Gasteiger partial charge in [-0.1, -0.05) is 0 Å². The van der Waals surface area contributed by atoms with Gasteiger partial charge in [-0.25, -0.2) is 4.79 Å². The Labute approximate surface area is 109 Å². The molecule has 7 heteroatoms. The summed E-state index contributed by atoms with van der Waals surface area (Å²) in [6.45, 7) is 1.71. The number of amides is 2. The third kappa shape index (κ3) is 5.48. The van der Waals surface area contributed by atoms with Gasteiger partial charge in [-0.15, -0.1) is 0 Å². The lowest BCUT2D eigenvalue weighted by atomic mass is 10.0. The highest BCUT2D eigenvalue weighted by atomic mass is 32.2. The van der Waals surface area contributed by atoms with Crippen molar-refractivity contribution in [2.75, 3.05) is 31.6 Å². The molecule has 1 saturated heterocycles. The molecule has 0 bridgehead atoms. The molecule has 1 fully saturated rings. The first-order valence-electron chi connectivity index (χ1n) is 6.03. The number of rotatable bonds is 6. The number of hydrogen-bond donors (Lipinski definition) is 2. The summed E-state index contributed by atoms with van der Waals surface area (Å²) in [4.78, 5) is 23.9. The molecule has 0 aromatic carbocycles. The third-order valence-corrected chi connectivity index (χ3v) is 3.78.